The van der Waals surface area contributed by atoms with E-state index >= 15 is 0 Å². The Bertz CT molecular complexity index is 728. The van der Waals surface area contributed by atoms with Crippen molar-refractivity contribution >= 4 is 12.0 Å². The first-order chi connectivity index (χ1) is 11.5. The molecule has 2 rings (SSSR count). The van der Waals surface area contributed by atoms with E-state index in [0.717, 1.165) is 6.42 Å². The summed E-state index contributed by atoms with van der Waals surface area (Å²) in [6.07, 6.45) is 6.66. The molecule has 0 aliphatic carbocycles. The number of aromatic nitrogens is 1. The average molecular weight is 331 g/mol. The maximum absolute atomic E-state index is 11.9. The maximum Gasteiger partial charge on any atom is 0.331 e. The normalized spacial score (nSPS) is 11.1. The molecule has 0 amide bonds. The summed E-state index contributed by atoms with van der Waals surface area (Å²) in [7, 11) is 0. The van der Waals surface area contributed by atoms with Crippen LogP contribution in [-0.4, -0.2) is 17.6 Å². The van der Waals surface area contributed by atoms with E-state index in [4.69, 9.17) is 13.9 Å². The Hall–Kier alpha value is -2.76. The molecule has 0 fully saturated rings. The topological polar surface area (TPSA) is 81.5 Å². The summed E-state index contributed by atoms with van der Waals surface area (Å²) >= 11 is 0. The van der Waals surface area contributed by atoms with Gasteiger partial charge in [0.25, 0.3) is 0 Å². The van der Waals surface area contributed by atoms with Crippen LogP contribution >= 0.6 is 0 Å². The Balaban J connectivity index is 1.83. The number of nitrogens with one attached hydrogen (secondary N) is 1. The van der Waals surface area contributed by atoms with Gasteiger partial charge in [0, 0.05) is 18.3 Å². The predicted octanol–water partition coefficient (Wildman–Crippen LogP) is 3.15. The van der Waals surface area contributed by atoms with Crippen molar-refractivity contribution in [1.82, 2.24) is 4.98 Å². The number of H-pyrrole nitrogens is 1. The molecule has 0 aromatic carbocycles. The Morgan fingerprint density at radius 2 is 2.25 bits per heavy atom. The first-order valence-corrected chi connectivity index (χ1v) is 7.77. The zero-order valence-corrected chi connectivity index (χ0v) is 13.8. The van der Waals surface area contributed by atoms with Gasteiger partial charge in [-0.1, -0.05) is 13.8 Å². The number of carbonyl (C=O) groups is 1. The minimum absolute atomic E-state index is 0.0250. The summed E-state index contributed by atoms with van der Waals surface area (Å²) in [6, 6.07) is 4.81. The van der Waals surface area contributed by atoms with Crippen LogP contribution in [0.2, 0.25) is 0 Å². The molecule has 2 aromatic rings. The lowest BCUT2D eigenvalue weighted by molar-refractivity contribution is -0.139. The van der Waals surface area contributed by atoms with E-state index in [-0.39, 0.29) is 17.8 Å². The van der Waals surface area contributed by atoms with Crippen LogP contribution in [0.4, 0.5) is 0 Å². The number of carbonyl (C=O) groups excluding carboxylic acids is 1. The highest BCUT2D eigenvalue weighted by molar-refractivity contribution is 5.86. The minimum Gasteiger partial charge on any atom is -0.488 e. The van der Waals surface area contributed by atoms with Crippen molar-refractivity contribution in [3.8, 4) is 5.75 Å². The largest absolute Gasteiger partial charge is 0.488 e. The van der Waals surface area contributed by atoms with Crippen molar-refractivity contribution in [2.75, 3.05) is 6.61 Å². The Morgan fingerprint density at radius 3 is 2.92 bits per heavy atom. The number of ether oxygens (including phenoxy) is 2. The first-order valence-electron chi connectivity index (χ1n) is 7.77. The van der Waals surface area contributed by atoms with E-state index in [0.29, 0.717) is 24.0 Å². The molecule has 0 aliphatic rings. The van der Waals surface area contributed by atoms with Gasteiger partial charge in [0.1, 0.15) is 12.4 Å². The second-order valence-corrected chi connectivity index (χ2v) is 5.67. The number of pyridine rings is 1. The fourth-order valence-corrected chi connectivity index (χ4v) is 1.83. The Kier molecular flexibility index (Phi) is 6.42. The smallest absolute Gasteiger partial charge is 0.331 e. The molecule has 24 heavy (non-hydrogen) atoms. The molecule has 2 aromatic heterocycles. The lowest BCUT2D eigenvalue weighted by Crippen LogP contribution is -2.12. The predicted molar refractivity (Wildman–Crippen MR) is 89.6 cm³/mol. The van der Waals surface area contributed by atoms with Crippen molar-refractivity contribution in [2.45, 2.75) is 26.9 Å². The number of furan rings is 1. The zero-order valence-electron chi connectivity index (χ0n) is 13.8. The van der Waals surface area contributed by atoms with E-state index in [1.54, 1.807) is 12.1 Å². The van der Waals surface area contributed by atoms with Crippen molar-refractivity contribution in [3.05, 3.63) is 58.4 Å². The molecule has 0 radical (unpaired) electrons. The monoisotopic (exact) mass is 331 g/mol. The lowest BCUT2D eigenvalue weighted by Gasteiger charge is -2.08. The zero-order chi connectivity index (χ0) is 17.4. The number of hydrogen-bond donors (Lipinski definition) is 1. The van der Waals surface area contributed by atoms with Gasteiger partial charge in [-0.05, 0) is 30.5 Å². The summed E-state index contributed by atoms with van der Waals surface area (Å²) in [5, 5.41) is 0. The number of esters is 1. The van der Waals surface area contributed by atoms with Gasteiger partial charge in [0.2, 0.25) is 5.43 Å². The van der Waals surface area contributed by atoms with Crippen LogP contribution in [0.15, 0.2) is 45.9 Å². The third-order valence-corrected chi connectivity index (χ3v) is 3.19. The molecule has 128 valence electrons. The van der Waals surface area contributed by atoms with Gasteiger partial charge in [-0.15, -0.1) is 0 Å². The van der Waals surface area contributed by atoms with E-state index in [2.05, 4.69) is 18.8 Å². The summed E-state index contributed by atoms with van der Waals surface area (Å²) in [6.45, 7) is 4.65. The molecular formula is C18H21NO5. The van der Waals surface area contributed by atoms with E-state index in [1.807, 2.05) is 0 Å². The standard InChI is InChI=1S/C18H21NO5/c1-13(2)7-9-23-17-11-19-14(10-16(17)20)12-24-18(21)6-5-15-4-3-8-22-15/h3-6,8,10-11,13H,7,9,12H2,1-2H3,(H,19,20)/b6-5+. The maximum atomic E-state index is 11.9. The van der Waals surface area contributed by atoms with Crippen LogP contribution in [0.25, 0.3) is 6.08 Å². The highest BCUT2D eigenvalue weighted by Gasteiger charge is 2.05. The lowest BCUT2D eigenvalue weighted by atomic mass is 10.1. The molecule has 6 nitrogen and oxygen atoms in total. The summed E-state index contributed by atoms with van der Waals surface area (Å²) in [4.78, 5) is 26.4. The molecule has 0 aliphatic heterocycles. The molecule has 0 saturated heterocycles. The molecule has 0 atom stereocenters. The third-order valence-electron chi connectivity index (χ3n) is 3.19. The quantitative estimate of drug-likeness (QED) is 0.593. The third kappa shape index (κ3) is 5.79. The first kappa shape index (κ1) is 17.6. The molecule has 0 saturated carbocycles. The number of hydrogen-bond acceptors (Lipinski definition) is 5. The Morgan fingerprint density at radius 1 is 1.42 bits per heavy atom. The fourth-order valence-electron chi connectivity index (χ4n) is 1.83. The number of aromatic amines is 1. The van der Waals surface area contributed by atoms with Gasteiger partial charge >= 0.3 is 5.97 Å². The van der Waals surface area contributed by atoms with Gasteiger partial charge in [0.05, 0.1) is 18.6 Å². The van der Waals surface area contributed by atoms with Crippen LogP contribution in [0.5, 0.6) is 5.75 Å². The van der Waals surface area contributed by atoms with Crippen molar-refractivity contribution < 1.29 is 18.7 Å². The Labute approximate surface area is 140 Å². The SMILES string of the molecule is CC(C)CCOc1c[nH]c(COC(=O)/C=C/c2ccco2)cc1=O. The van der Waals surface area contributed by atoms with E-state index < -0.39 is 5.97 Å². The van der Waals surface area contributed by atoms with Crippen molar-refractivity contribution in [1.29, 1.82) is 0 Å². The minimum atomic E-state index is -0.524. The van der Waals surface area contributed by atoms with Crippen LogP contribution in [0, 0.1) is 5.92 Å². The fraction of sp³-hybridized carbons (Fsp3) is 0.333. The highest BCUT2D eigenvalue weighted by atomic mass is 16.5. The summed E-state index contributed by atoms with van der Waals surface area (Å²) in [5.74, 6) is 0.813. The molecule has 1 N–H and O–H groups in total. The van der Waals surface area contributed by atoms with Gasteiger partial charge in [-0.25, -0.2) is 4.79 Å². The van der Waals surface area contributed by atoms with Gasteiger partial charge in [-0.2, -0.15) is 0 Å². The van der Waals surface area contributed by atoms with Gasteiger partial charge in [-0.3, -0.25) is 4.79 Å². The molecular weight excluding hydrogens is 310 g/mol. The summed E-state index contributed by atoms with van der Waals surface area (Å²) < 4.78 is 15.6. The molecule has 0 spiro atoms. The van der Waals surface area contributed by atoms with Gasteiger partial charge in [0.15, 0.2) is 5.75 Å². The highest BCUT2D eigenvalue weighted by Crippen LogP contribution is 2.07. The van der Waals surface area contributed by atoms with Crippen molar-refractivity contribution in [2.24, 2.45) is 5.92 Å². The molecule has 0 unspecified atom stereocenters. The number of rotatable bonds is 8. The second-order valence-electron chi connectivity index (χ2n) is 5.67. The molecule has 6 heteroatoms. The van der Waals surface area contributed by atoms with Crippen LogP contribution < -0.4 is 10.2 Å². The van der Waals surface area contributed by atoms with Crippen LogP contribution in [0.1, 0.15) is 31.7 Å². The molecule has 2 heterocycles. The van der Waals surface area contributed by atoms with Crippen molar-refractivity contribution in [3.63, 3.8) is 0 Å². The van der Waals surface area contributed by atoms with Crippen LogP contribution in [0.3, 0.4) is 0 Å². The van der Waals surface area contributed by atoms with Gasteiger partial charge < -0.3 is 18.9 Å². The van der Waals surface area contributed by atoms with Crippen LogP contribution in [-0.2, 0) is 16.1 Å². The molecule has 0 bridgehead atoms. The van der Waals surface area contributed by atoms with E-state index in [9.17, 15) is 9.59 Å². The van der Waals surface area contributed by atoms with E-state index in [1.165, 1.54) is 30.7 Å². The summed E-state index contributed by atoms with van der Waals surface area (Å²) in [5.41, 5.74) is 0.255. The average Bonchev–Trinajstić information content (AvgIpc) is 3.06. The second kappa shape index (κ2) is 8.76.